The average Bonchev–Trinajstić information content (AvgIpc) is 2.12. The summed E-state index contributed by atoms with van der Waals surface area (Å²) in [7, 11) is 4.29. The van der Waals surface area contributed by atoms with E-state index in [1.807, 2.05) is 0 Å². The van der Waals surface area contributed by atoms with E-state index < -0.39 is 0 Å². The first-order valence-corrected chi connectivity index (χ1v) is 5.59. The Bertz CT molecular complexity index is 236. The van der Waals surface area contributed by atoms with Gasteiger partial charge in [0, 0.05) is 0 Å². The highest BCUT2D eigenvalue weighted by atomic mass is 15.0. The zero-order valence-corrected chi connectivity index (χ0v) is 10.0. The van der Waals surface area contributed by atoms with Crippen LogP contribution in [0.15, 0.2) is 23.3 Å². The Kier molecular flexibility index (Phi) is 4.40. The van der Waals surface area contributed by atoms with Crippen LogP contribution >= 0.6 is 0 Å². The molecule has 0 heterocycles. The van der Waals surface area contributed by atoms with E-state index in [-0.39, 0.29) is 0 Å². The molecule has 0 aromatic heterocycles. The van der Waals surface area contributed by atoms with Crippen molar-refractivity contribution < 1.29 is 0 Å². The van der Waals surface area contributed by atoms with Crippen molar-refractivity contribution in [1.29, 1.82) is 0 Å². The third-order valence-electron chi connectivity index (χ3n) is 3.14. The quantitative estimate of drug-likeness (QED) is 0.620. The molecule has 0 aromatic carbocycles. The topological polar surface area (TPSA) is 3.24 Å². The highest BCUT2D eigenvalue weighted by Gasteiger charge is 2.12. The molecule has 1 atom stereocenters. The van der Waals surface area contributed by atoms with E-state index in [1.165, 1.54) is 19.4 Å². The van der Waals surface area contributed by atoms with E-state index >= 15 is 0 Å². The molecule has 0 N–H and O–H groups in total. The zero-order chi connectivity index (χ0) is 10.6. The number of hydrogen-bond acceptors (Lipinski definition) is 1. The van der Waals surface area contributed by atoms with E-state index in [0.717, 1.165) is 6.42 Å². The van der Waals surface area contributed by atoms with Gasteiger partial charge in [0.25, 0.3) is 0 Å². The van der Waals surface area contributed by atoms with Crippen molar-refractivity contribution in [3.05, 3.63) is 23.3 Å². The SMILES string of the molecule is CC1=C(C)C(CCCN(C)C)C=CC1. The van der Waals surface area contributed by atoms with Crippen LogP contribution in [0.4, 0.5) is 0 Å². The minimum Gasteiger partial charge on any atom is -0.309 e. The van der Waals surface area contributed by atoms with Crippen LogP contribution in [0.2, 0.25) is 0 Å². The molecular formula is C13H23N. The number of rotatable bonds is 4. The minimum absolute atomic E-state index is 0.712. The molecule has 1 aliphatic rings. The Hall–Kier alpha value is -0.560. The first-order valence-electron chi connectivity index (χ1n) is 5.59. The molecule has 0 aliphatic heterocycles. The predicted octanol–water partition coefficient (Wildman–Crippen LogP) is 3.24. The second-order valence-corrected chi connectivity index (χ2v) is 4.65. The summed E-state index contributed by atoms with van der Waals surface area (Å²) in [6.45, 7) is 5.76. The Balaban J connectivity index is 2.37. The highest BCUT2D eigenvalue weighted by Crippen LogP contribution is 2.27. The van der Waals surface area contributed by atoms with Crippen molar-refractivity contribution in [2.24, 2.45) is 5.92 Å². The molecule has 14 heavy (non-hydrogen) atoms. The summed E-state index contributed by atoms with van der Waals surface area (Å²) in [4.78, 5) is 2.26. The molecule has 0 saturated carbocycles. The van der Waals surface area contributed by atoms with E-state index in [2.05, 4.69) is 45.0 Å². The lowest BCUT2D eigenvalue weighted by molar-refractivity contribution is 0.385. The van der Waals surface area contributed by atoms with Crippen molar-refractivity contribution in [3.63, 3.8) is 0 Å². The first kappa shape index (κ1) is 11.5. The van der Waals surface area contributed by atoms with Gasteiger partial charge in [0.05, 0.1) is 0 Å². The summed E-state index contributed by atoms with van der Waals surface area (Å²) in [6.07, 6.45) is 8.47. The normalized spacial score (nSPS) is 22.2. The van der Waals surface area contributed by atoms with Crippen molar-refractivity contribution in [3.8, 4) is 0 Å². The molecule has 1 nitrogen and oxygen atoms in total. The van der Waals surface area contributed by atoms with Crippen LogP contribution in [0.25, 0.3) is 0 Å². The van der Waals surface area contributed by atoms with Crippen LogP contribution in [0.1, 0.15) is 33.1 Å². The van der Waals surface area contributed by atoms with Gasteiger partial charge in [-0.2, -0.15) is 0 Å². The Labute approximate surface area is 88.5 Å². The molecule has 80 valence electrons. The largest absolute Gasteiger partial charge is 0.309 e. The second kappa shape index (κ2) is 5.35. The molecule has 0 radical (unpaired) electrons. The lowest BCUT2D eigenvalue weighted by Gasteiger charge is -2.21. The fourth-order valence-corrected chi connectivity index (χ4v) is 1.97. The zero-order valence-electron chi connectivity index (χ0n) is 10.0. The monoisotopic (exact) mass is 193 g/mol. The van der Waals surface area contributed by atoms with Crippen molar-refractivity contribution in [1.82, 2.24) is 4.90 Å². The van der Waals surface area contributed by atoms with Gasteiger partial charge in [-0.1, -0.05) is 23.3 Å². The third kappa shape index (κ3) is 3.30. The average molecular weight is 193 g/mol. The summed E-state index contributed by atoms with van der Waals surface area (Å²) >= 11 is 0. The van der Waals surface area contributed by atoms with Crippen molar-refractivity contribution in [2.75, 3.05) is 20.6 Å². The number of allylic oxidation sites excluding steroid dienone is 4. The molecule has 0 aromatic rings. The summed E-state index contributed by atoms with van der Waals surface area (Å²) in [5, 5.41) is 0. The Morgan fingerprint density at radius 1 is 1.36 bits per heavy atom. The molecule has 1 heteroatoms. The molecule has 1 rings (SSSR count). The van der Waals surface area contributed by atoms with Crippen LogP contribution in [-0.2, 0) is 0 Å². The summed E-state index contributed by atoms with van der Waals surface area (Å²) in [6, 6.07) is 0. The highest BCUT2D eigenvalue weighted by molar-refractivity contribution is 5.24. The third-order valence-corrected chi connectivity index (χ3v) is 3.14. The smallest absolute Gasteiger partial charge is 0.00228 e. The number of nitrogens with zero attached hydrogens (tertiary/aromatic N) is 1. The maximum Gasteiger partial charge on any atom is -0.00228 e. The van der Waals surface area contributed by atoms with Crippen LogP contribution in [-0.4, -0.2) is 25.5 Å². The van der Waals surface area contributed by atoms with E-state index in [0.29, 0.717) is 5.92 Å². The van der Waals surface area contributed by atoms with E-state index in [9.17, 15) is 0 Å². The van der Waals surface area contributed by atoms with Crippen molar-refractivity contribution in [2.45, 2.75) is 33.1 Å². The molecule has 0 amide bonds. The second-order valence-electron chi connectivity index (χ2n) is 4.65. The van der Waals surface area contributed by atoms with Crippen LogP contribution in [0.5, 0.6) is 0 Å². The summed E-state index contributed by atoms with van der Waals surface area (Å²) in [5.74, 6) is 0.712. The first-order chi connectivity index (χ1) is 6.61. The minimum atomic E-state index is 0.712. The van der Waals surface area contributed by atoms with Gasteiger partial charge in [-0.25, -0.2) is 0 Å². The van der Waals surface area contributed by atoms with Gasteiger partial charge < -0.3 is 4.90 Å². The van der Waals surface area contributed by atoms with Crippen LogP contribution in [0.3, 0.4) is 0 Å². The Morgan fingerprint density at radius 2 is 2.07 bits per heavy atom. The molecule has 1 aliphatic carbocycles. The molecule has 0 bridgehead atoms. The van der Waals surface area contributed by atoms with E-state index in [1.54, 1.807) is 11.1 Å². The van der Waals surface area contributed by atoms with Crippen LogP contribution in [0, 0.1) is 5.92 Å². The van der Waals surface area contributed by atoms with Gasteiger partial charge >= 0.3 is 0 Å². The van der Waals surface area contributed by atoms with Gasteiger partial charge in [0.15, 0.2) is 0 Å². The fraction of sp³-hybridized carbons (Fsp3) is 0.692. The molecule has 0 fully saturated rings. The van der Waals surface area contributed by atoms with Crippen LogP contribution < -0.4 is 0 Å². The predicted molar refractivity (Wildman–Crippen MR) is 63.4 cm³/mol. The Morgan fingerprint density at radius 3 is 2.71 bits per heavy atom. The molecule has 0 spiro atoms. The fourth-order valence-electron chi connectivity index (χ4n) is 1.97. The lowest BCUT2D eigenvalue weighted by Crippen LogP contribution is -2.14. The van der Waals surface area contributed by atoms with Gasteiger partial charge in [0.1, 0.15) is 0 Å². The number of hydrogen-bond donors (Lipinski definition) is 0. The van der Waals surface area contributed by atoms with Gasteiger partial charge in [-0.15, -0.1) is 0 Å². The standard InChI is InChI=1S/C13H23N/c1-11-7-5-8-13(12(11)2)9-6-10-14(3)4/h5,8,13H,6-7,9-10H2,1-4H3. The maximum atomic E-state index is 2.39. The summed E-state index contributed by atoms with van der Waals surface area (Å²) < 4.78 is 0. The molecule has 0 saturated heterocycles. The van der Waals surface area contributed by atoms with Gasteiger partial charge in [-0.05, 0) is 59.7 Å². The van der Waals surface area contributed by atoms with Gasteiger partial charge in [0.2, 0.25) is 0 Å². The van der Waals surface area contributed by atoms with E-state index in [4.69, 9.17) is 0 Å². The summed E-state index contributed by atoms with van der Waals surface area (Å²) in [5.41, 5.74) is 3.17. The molecular weight excluding hydrogens is 170 g/mol. The van der Waals surface area contributed by atoms with Crippen molar-refractivity contribution >= 4 is 0 Å². The maximum absolute atomic E-state index is 2.39. The van der Waals surface area contributed by atoms with Gasteiger partial charge in [-0.3, -0.25) is 0 Å². The molecule has 1 unspecified atom stereocenters. The lowest BCUT2D eigenvalue weighted by atomic mass is 9.86.